The summed E-state index contributed by atoms with van der Waals surface area (Å²) in [6, 6.07) is 7.87. The SMILES string of the molecule is CCCCN1C(C)=CSC1=CC(=O)c1sc2ccccc2c1Cl. The first-order valence-electron chi connectivity index (χ1n) is 7.66. The summed E-state index contributed by atoms with van der Waals surface area (Å²) >= 11 is 9.49. The van der Waals surface area contributed by atoms with E-state index in [2.05, 4.69) is 24.2 Å². The average Bonchev–Trinajstić information content (AvgIpc) is 3.07. The number of hydrogen-bond acceptors (Lipinski definition) is 4. The number of allylic oxidation sites excluding steroid dienone is 2. The molecule has 0 aliphatic carbocycles. The molecule has 0 bridgehead atoms. The van der Waals surface area contributed by atoms with Crippen molar-refractivity contribution in [2.24, 2.45) is 0 Å². The Hall–Kier alpha value is -1.23. The van der Waals surface area contributed by atoms with Crippen LogP contribution < -0.4 is 0 Å². The molecule has 23 heavy (non-hydrogen) atoms. The molecule has 120 valence electrons. The van der Waals surface area contributed by atoms with Crippen LogP contribution in [0.25, 0.3) is 10.1 Å². The van der Waals surface area contributed by atoms with E-state index in [1.54, 1.807) is 17.8 Å². The molecule has 0 N–H and O–H groups in total. The number of rotatable bonds is 5. The van der Waals surface area contributed by atoms with Gasteiger partial charge in [-0.15, -0.1) is 11.3 Å². The Morgan fingerprint density at radius 3 is 2.87 bits per heavy atom. The standard InChI is InChI=1S/C18H18ClNOS2/c1-3-4-9-20-12(2)11-22-16(20)10-14(21)18-17(19)13-7-5-6-8-15(13)23-18/h5-8,10-11H,3-4,9H2,1-2H3. The van der Waals surface area contributed by atoms with Crippen molar-refractivity contribution in [1.82, 2.24) is 4.90 Å². The minimum atomic E-state index is -0.0108. The molecule has 0 spiro atoms. The van der Waals surface area contributed by atoms with Crippen LogP contribution in [0.4, 0.5) is 0 Å². The maximum atomic E-state index is 12.7. The van der Waals surface area contributed by atoms with Crippen LogP contribution in [0, 0.1) is 0 Å². The quantitative estimate of drug-likeness (QED) is 0.460. The Balaban J connectivity index is 1.89. The summed E-state index contributed by atoms with van der Waals surface area (Å²) in [6.07, 6.45) is 3.97. The zero-order chi connectivity index (χ0) is 16.4. The van der Waals surface area contributed by atoms with Crippen molar-refractivity contribution >= 4 is 50.6 Å². The van der Waals surface area contributed by atoms with E-state index in [0.29, 0.717) is 9.90 Å². The van der Waals surface area contributed by atoms with Gasteiger partial charge in [-0.2, -0.15) is 0 Å². The number of benzene rings is 1. The van der Waals surface area contributed by atoms with Crippen molar-refractivity contribution < 1.29 is 4.79 Å². The van der Waals surface area contributed by atoms with Gasteiger partial charge in [0, 0.05) is 28.4 Å². The number of halogens is 1. The fourth-order valence-corrected chi connectivity index (χ4v) is 4.90. The van der Waals surface area contributed by atoms with Crippen LogP contribution in [-0.4, -0.2) is 17.2 Å². The first-order valence-corrected chi connectivity index (χ1v) is 9.73. The molecule has 1 aromatic heterocycles. The number of hydrogen-bond donors (Lipinski definition) is 0. The van der Waals surface area contributed by atoms with Crippen molar-refractivity contribution in [3.05, 3.63) is 56.4 Å². The van der Waals surface area contributed by atoms with E-state index >= 15 is 0 Å². The van der Waals surface area contributed by atoms with E-state index in [-0.39, 0.29) is 5.78 Å². The third kappa shape index (κ3) is 3.35. The number of carbonyl (C=O) groups excluding carboxylic acids is 1. The Morgan fingerprint density at radius 2 is 2.13 bits per heavy atom. The second kappa shape index (κ2) is 7.12. The predicted octanol–water partition coefficient (Wildman–Crippen LogP) is 6.29. The Labute approximate surface area is 149 Å². The molecule has 0 amide bonds. The number of nitrogens with zero attached hydrogens (tertiary/aromatic N) is 1. The van der Waals surface area contributed by atoms with Gasteiger partial charge in [-0.3, -0.25) is 4.79 Å². The number of fused-ring (bicyclic) bond motifs is 1. The topological polar surface area (TPSA) is 20.3 Å². The van der Waals surface area contributed by atoms with Crippen LogP contribution in [0.2, 0.25) is 5.02 Å². The fourth-order valence-electron chi connectivity index (χ4n) is 2.51. The van der Waals surface area contributed by atoms with Gasteiger partial charge >= 0.3 is 0 Å². The van der Waals surface area contributed by atoms with Crippen LogP contribution in [0.1, 0.15) is 36.4 Å². The van der Waals surface area contributed by atoms with Crippen molar-refractivity contribution in [2.45, 2.75) is 26.7 Å². The summed E-state index contributed by atoms with van der Waals surface area (Å²) in [5, 5.41) is 4.62. The lowest BCUT2D eigenvalue weighted by Gasteiger charge is -2.20. The molecule has 2 heterocycles. The zero-order valence-electron chi connectivity index (χ0n) is 13.1. The van der Waals surface area contributed by atoms with Crippen LogP contribution in [0.5, 0.6) is 0 Å². The molecule has 1 aliphatic heterocycles. The maximum Gasteiger partial charge on any atom is 0.199 e. The number of carbonyl (C=O) groups is 1. The first-order chi connectivity index (χ1) is 11.1. The second-order valence-corrected chi connectivity index (χ2v) is 7.79. The minimum absolute atomic E-state index is 0.0108. The van der Waals surface area contributed by atoms with E-state index in [1.165, 1.54) is 17.0 Å². The Bertz CT molecular complexity index is 806. The molecule has 2 nitrogen and oxygen atoms in total. The molecule has 5 heteroatoms. The van der Waals surface area contributed by atoms with Crippen LogP contribution in [-0.2, 0) is 0 Å². The highest BCUT2D eigenvalue weighted by Gasteiger charge is 2.21. The molecule has 0 saturated heterocycles. The monoisotopic (exact) mass is 363 g/mol. The summed E-state index contributed by atoms with van der Waals surface area (Å²) in [5.74, 6) is -0.0108. The molecule has 0 atom stereocenters. The summed E-state index contributed by atoms with van der Waals surface area (Å²) in [6.45, 7) is 5.21. The normalized spacial score (nSPS) is 16.4. The first kappa shape index (κ1) is 16.6. The van der Waals surface area contributed by atoms with E-state index in [4.69, 9.17) is 11.6 Å². The van der Waals surface area contributed by atoms with Gasteiger partial charge in [0.2, 0.25) is 0 Å². The van der Waals surface area contributed by atoms with Gasteiger partial charge in [0.25, 0.3) is 0 Å². The molecule has 2 aromatic rings. The lowest BCUT2D eigenvalue weighted by molar-refractivity contribution is 0.104. The number of unbranched alkanes of at least 4 members (excludes halogenated alkanes) is 1. The van der Waals surface area contributed by atoms with Gasteiger partial charge in [0.05, 0.1) is 14.9 Å². The highest BCUT2D eigenvalue weighted by Crippen LogP contribution is 2.38. The van der Waals surface area contributed by atoms with Crippen molar-refractivity contribution in [1.29, 1.82) is 0 Å². The molecule has 0 fully saturated rings. The van der Waals surface area contributed by atoms with Crippen molar-refractivity contribution in [2.75, 3.05) is 6.54 Å². The number of thioether (sulfide) groups is 1. The predicted molar refractivity (Wildman–Crippen MR) is 102 cm³/mol. The minimum Gasteiger partial charge on any atom is -0.339 e. The molecule has 1 aromatic carbocycles. The molecular weight excluding hydrogens is 346 g/mol. The van der Waals surface area contributed by atoms with Crippen molar-refractivity contribution in [3.8, 4) is 0 Å². The van der Waals surface area contributed by atoms with Gasteiger partial charge in [-0.25, -0.2) is 0 Å². The molecule has 3 rings (SSSR count). The van der Waals surface area contributed by atoms with Crippen LogP contribution in [0.3, 0.4) is 0 Å². The fraction of sp³-hybridized carbons (Fsp3) is 0.278. The Kier molecular flexibility index (Phi) is 5.14. The molecule has 0 radical (unpaired) electrons. The average molecular weight is 364 g/mol. The summed E-state index contributed by atoms with van der Waals surface area (Å²) in [5.41, 5.74) is 1.20. The lowest BCUT2D eigenvalue weighted by Crippen LogP contribution is -2.18. The van der Waals surface area contributed by atoms with E-state index in [0.717, 1.165) is 34.5 Å². The van der Waals surface area contributed by atoms with Gasteiger partial charge in [-0.05, 0) is 24.8 Å². The van der Waals surface area contributed by atoms with Gasteiger partial charge in [0.1, 0.15) is 0 Å². The second-order valence-electron chi connectivity index (χ2n) is 5.47. The Morgan fingerprint density at radius 1 is 1.35 bits per heavy atom. The molecule has 1 aliphatic rings. The summed E-state index contributed by atoms with van der Waals surface area (Å²) in [4.78, 5) is 15.5. The van der Waals surface area contributed by atoms with Crippen LogP contribution in [0.15, 0.2) is 46.5 Å². The van der Waals surface area contributed by atoms with Gasteiger partial charge in [-0.1, -0.05) is 54.9 Å². The third-order valence-electron chi connectivity index (χ3n) is 3.79. The van der Waals surface area contributed by atoms with Crippen molar-refractivity contribution in [3.63, 3.8) is 0 Å². The van der Waals surface area contributed by atoms with Gasteiger partial charge < -0.3 is 4.90 Å². The maximum absolute atomic E-state index is 12.7. The molecule has 0 saturated carbocycles. The largest absolute Gasteiger partial charge is 0.339 e. The third-order valence-corrected chi connectivity index (χ3v) is 6.52. The number of ketones is 1. The molecular formula is C18H18ClNOS2. The molecule has 0 unspecified atom stereocenters. The van der Waals surface area contributed by atoms with E-state index in [1.807, 2.05) is 24.3 Å². The van der Waals surface area contributed by atoms with Gasteiger partial charge in [0.15, 0.2) is 5.78 Å². The van der Waals surface area contributed by atoms with E-state index < -0.39 is 0 Å². The lowest BCUT2D eigenvalue weighted by atomic mass is 10.2. The summed E-state index contributed by atoms with van der Waals surface area (Å²) < 4.78 is 1.05. The van der Waals surface area contributed by atoms with Crippen LogP contribution >= 0.6 is 34.7 Å². The van der Waals surface area contributed by atoms with E-state index in [9.17, 15) is 4.79 Å². The highest BCUT2D eigenvalue weighted by atomic mass is 35.5. The summed E-state index contributed by atoms with van der Waals surface area (Å²) in [7, 11) is 0. The zero-order valence-corrected chi connectivity index (χ0v) is 15.5. The number of thiophene rings is 1. The smallest absolute Gasteiger partial charge is 0.199 e. The highest BCUT2D eigenvalue weighted by molar-refractivity contribution is 8.06.